The number of benzene rings is 7. The van der Waals surface area contributed by atoms with E-state index in [4.69, 9.17) is 0 Å². The summed E-state index contributed by atoms with van der Waals surface area (Å²) in [4.78, 5) is 6.81. The van der Waals surface area contributed by atoms with Crippen LogP contribution in [-0.4, -0.2) is 14.1 Å². The number of hydrogen-bond acceptors (Lipinski definition) is 2. The Hall–Kier alpha value is -7.17. The Morgan fingerprint density at radius 2 is 1.14 bits per heavy atom. The molecule has 0 unspecified atom stereocenters. The number of rotatable bonds is 6. The van der Waals surface area contributed by atoms with E-state index in [0.717, 1.165) is 39.6 Å². The summed E-state index contributed by atoms with van der Waals surface area (Å²) in [5.74, 6) is 0. The summed E-state index contributed by atoms with van der Waals surface area (Å²) in [7, 11) is 0. The molecule has 0 saturated heterocycles. The largest absolute Gasteiger partial charge is 0.317 e. The Morgan fingerprint density at radius 3 is 1.93 bits per heavy atom. The molecule has 4 nitrogen and oxygen atoms in total. The van der Waals surface area contributed by atoms with Crippen molar-refractivity contribution in [3.63, 3.8) is 0 Å². The molecule has 0 amide bonds. The zero-order valence-corrected chi connectivity index (χ0v) is 31.3. The fourth-order valence-corrected chi connectivity index (χ4v) is 9.15. The summed E-state index contributed by atoms with van der Waals surface area (Å²) in [6.45, 7) is 4.71. The maximum Gasteiger partial charge on any atom is 0.0548 e. The third-order valence-electron chi connectivity index (χ3n) is 11.8. The molecule has 0 radical (unpaired) electrons. The number of hydrogen-bond donors (Lipinski definition) is 0. The standard InChI is InChI=1S/C52H38N4/c1-52(2)46-18-10-9-17-42(46)43-25-23-41(33-47(43)52)55(39-21-19-35(20-22-39)36-12-11-30-53-34-36)40-24-26-49-45(32-40)51-44-29-31-54(37-13-5-3-6-14-37)48(44)27-28-50(51)56(49)38-15-7-4-8-16-38/h3-34H,1-2H3. The van der Waals surface area contributed by atoms with Gasteiger partial charge in [-0.3, -0.25) is 4.98 Å². The van der Waals surface area contributed by atoms with E-state index in [2.05, 4.69) is 209 Å². The van der Waals surface area contributed by atoms with Gasteiger partial charge in [-0.2, -0.15) is 0 Å². The minimum absolute atomic E-state index is 0.123. The van der Waals surface area contributed by atoms with Crippen LogP contribution in [0, 0.1) is 0 Å². The van der Waals surface area contributed by atoms with Crippen LogP contribution in [0.15, 0.2) is 195 Å². The SMILES string of the molecule is CC1(C)c2ccccc2-c2ccc(N(c3ccc(-c4cccnc4)cc3)c3ccc4c(c3)c3c5ccn(-c6ccccc6)c5ccc3n4-c3ccccc3)cc21. The Kier molecular flexibility index (Phi) is 7.17. The molecule has 0 atom stereocenters. The fourth-order valence-electron chi connectivity index (χ4n) is 9.15. The van der Waals surface area contributed by atoms with Gasteiger partial charge in [0.05, 0.1) is 16.6 Å². The van der Waals surface area contributed by atoms with Gasteiger partial charge in [0, 0.05) is 68.6 Å². The van der Waals surface area contributed by atoms with E-state index >= 15 is 0 Å². The van der Waals surface area contributed by atoms with Crippen LogP contribution in [0.2, 0.25) is 0 Å². The molecule has 10 aromatic rings. The molecular weight excluding hydrogens is 681 g/mol. The summed E-state index contributed by atoms with van der Waals surface area (Å²) in [5.41, 5.74) is 16.6. The average molecular weight is 719 g/mol. The molecule has 4 heteroatoms. The summed E-state index contributed by atoms with van der Waals surface area (Å²) in [6, 6.07) is 64.1. The van der Waals surface area contributed by atoms with Gasteiger partial charge in [0.15, 0.2) is 0 Å². The van der Waals surface area contributed by atoms with Gasteiger partial charge in [0.1, 0.15) is 0 Å². The molecule has 266 valence electrons. The predicted molar refractivity (Wildman–Crippen MR) is 233 cm³/mol. The van der Waals surface area contributed by atoms with Crippen LogP contribution >= 0.6 is 0 Å². The summed E-state index contributed by atoms with van der Waals surface area (Å²) >= 11 is 0. The zero-order valence-electron chi connectivity index (χ0n) is 31.3. The van der Waals surface area contributed by atoms with Crippen LogP contribution in [0.4, 0.5) is 17.1 Å². The lowest BCUT2D eigenvalue weighted by molar-refractivity contribution is 0.660. The summed E-state index contributed by atoms with van der Waals surface area (Å²) < 4.78 is 4.71. The Morgan fingerprint density at radius 1 is 0.482 bits per heavy atom. The third-order valence-corrected chi connectivity index (χ3v) is 11.8. The lowest BCUT2D eigenvalue weighted by Crippen LogP contribution is -2.16. The van der Waals surface area contributed by atoms with Gasteiger partial charge < -0.3 is 14.0 Å². The van der Waals surface area contributed by atoms with E-state index in [1.165, 1.54) is 55.0 Å². The number of anilines is 3. The van der Waals surface area contributed by atoms with Crippen LogP contribution in [-0.2, 0) is 5.41 Å². The average Bonchev–Trinajstić information content (AvgIpc) is 3.90. The molecule has 7 aromatic carbocycles. The monoisotopic (exact) mass is 718 g/mol. The predicted octanol–water partition coefficient (Wildman–Crippen LogP) is 13.6. The van der Waals surface area contributed by atoms with Crippen molar-refractivity contribution in [3.05, 3.63) is 206 Å². The second-order valence-electron chi connectivity index (χ2n) is 15.3. The maximum absolute atomic E-state index is 4.38. The number of para-hydroxylation sites is 2. The van der Waals surface area contributed by atoms with E-state index in [9.17, 15) is 0 Å². The first kappa shape index (κ1) is 32.3. The van der Waals surface area contributed by atoms with Crippen molar-refractivity contribution < 1.29 is 0 Å². The summed E-state index contributed by atoms with van der Waals surface area (Å²) in [6.07, 6.45) is 5.95. The molecule has 0 fully saturated rings. The Balaban J connectivity index is 1.16. The lowest BCUT2D eigenvalue weighted by atomic mass is 9.82. The van der Waals surface area contributed by atoms with E-state index in [0.29, 0.717) is 0 Å². The van der Waals surface area contributed by atoms with Crippen LogP contribution in [0.3, 0.4) is 0 Å². The van der Waals surface area contributed by atoms with Crippen molar-refractivity contribution in [2.45, 2.75) is 19.3 Å². The molecule has 1 aliphatic carbocycles. The second-order valence-corrected chi connectivity index (χ2v) is 15.3. The van der Waals surface area contributed by atoms with E-state index in [-0.39, 0.29) is 5.41 Å². The van der Waals surface area contributed by atoms with Crippen molar-refractivity contribution in [2.24, 2.45) is 0 Å². The first-order valence-electron chi connectivity index (χ1n) is 19.3. The van der Waals surface area contributed by atoms with Crippen LogP contribution in [0.25, 0.3) is 66.3 Å². The molecule has 56 heavy (non-hydrogen) atoms. The minimum Gasteiger partial charge on any atom is -0.317 e. The van der Waals surface area contributed by atoms with Crippen LogP contribution in [0.1, 0.15) is 25.0 Å². The van der Waals surface area contributed by atoms with Gasteiger partial charge in [-0.1, -0.05) is 98.8 Å². The van der Waals surface area contributed by atoms with Gasteiger partial charge in [-0.15, -0.1) is 0 Å². The quantitative estimate of drug-likeness (QED) is 0.171. The second kappa shape index (κ2) is 12.4. The molecule has 3 heterocycles. The Labute approximate surface area is 326 Å². The fraction of sp³-hybridized carbons (Fsp3) is 0.0577. The minimum atomic E-state index is -0.123. The topological polar surface area (TPSA) is 26.0 Å². The Bertz CT molecular complexity index is 3080. The van der Waals surface area contributed by atoms with E-state index < -0.39 is 0 Å². The van der Waals surface area contributed by atoms with Crippen LogP contribution < -0.4 is 4.90 Å². The molecule has 0 saturated carbocycles. The highest BCUT2D eigenvalue weighted by atomic mass is 15.1. The molecule has 0 spiro atoms. The smallest absolute Gasteiger partial charge is 0.0548 e. The molecule has 1 aliphatic rings. The van der Waals surface area contributed by atoms with E-state index in [1.54, 1.807) is 0 Å². The van der Waals surface area contributed by atoms with Crippen molar-refractivity contribution >= 4 is 49.8 Å². The van der Waals surface area contributed by atoms with E-state index in [1.807, 2.05) is 18.5 Å². The van der Waals surface area contributed by atoms with Gasteiger partial charge in [0.25, 0.3) is 0 Å². The van der Waals surface area contributed by atoms with Crippen molar-refractivity contribution in [3.8, 4) is 33.6 Å². The first-order valence-corrected chi connectivity index (χ1v) is 19.3. The highest BCUT2D eigenvalue weighted by Gasteiger charge is 2.35. The van der Waals surface area contributed by atoms with Gasteiger partial charge in [0.2, 0.25) is 0 Å². The van der Waals surface area contributed by atoms with Crippen molar-refractivity contribution in [1.29, 1.82) is 0 Å². The van der Waals surface area contributed by atoms with Gasteiger partial charge in [-0.25, -0.2) is 0 Å². The molecule has 0 bridgehead atoms. The maximum atomic E-state index is 4.38. The molecule has 0 N–H and O–H groups in total. The normalized spacial score (nSPS) is 13.0. The highest BCUT2D eigenvalue weighted by molar-refractivity contribution is 6.22. The highest BCUT2D eigenvalue weighted by Crippen LogP contribution is 2.51. The third kappa shape index (κ3) is 4.89. The van der Waals surface area contributed by atoms with Gasteiger partial charge in [-0.05, 0) is 124 Å². The van der Waals surface area contributed by atoms with Crippen molar-refractivity contribution in [2.75, 3.05) is 4.90 Å². The van der Waals surface area contributed by atoms with Crippen molar-refractivity contribution in [1.82, 2.24) is 14.1 Å². The lowest BCUT2D eigenvalue weighted by Gasteiger charge is -2.28. The first-order chi connectivity index (χ1) is 27.5. The van der Waals surface area contributed by atoms with Gasteiger partial charge >= 0.3 is 0 Å². The number of nitrogens with zero attached hydrogens (tertiary/aromatic N) is 4. The number of aromatic nitrogens is 3. The molecule has 0 aliphatic heterocycles. The number of pyridine rings is 1. The summed E-state index contributed by atoms with van der Waals surface area (Å²) in [5, 5.41) is 3.69. The molecule has 3 aromatic heterocycles. The van der Waals surface area contributed by atoms with Crippen LogP contribution in [0.5, 0.6) is 0 Å². The zero-order chi connectivity index (χ0) is 37.4. The molecule has 11 rings (SSSR count). The molecular formula is C52H38N4. The number of fused-ring (bicyclic) bond motifs is 8.